The number of hydrogen-bond acceptors (Lipinski definition) is 2. The number of benzene rings is 1. The van der Waals surface area contributed by atoms with Crippen molar-refractivity contribution in [1.82, 2.24) is 15.0 Å². The molecule has 15 heavy (non-hydrogen) atoms. The smallest absolute Gasteiger partial charge is 0.167 e. The van der Waals surface area contributed by atoms with E-state index in [9.17, 15) is 4.39 Å². The van der Waals surface area contributed by atoms with Gasteiger partial charge in [0.1, 0.15) is 5.82 Å². The summed E-state index contributed by atoms with van der Waals surface area (Å²) >= 11 is 9.06. The minimum atomic E-state index is -0.260. The van der Waals surface area contributed by atoms with E-state index in [0.717, 1.165) is 5.56 Å². The van der Waals surface area contributed by atoms with Crippen molar-refractivity contribution in [3.63, 3.8) is 0 Å². The molecular formula is C9H6BrClFN3. The average Bonchev–Trinajstić information content (AvgIpc) is 2.53. The second kappa shape index (κ2) is 4.28. The van der Waals surface area contributed by atoms with Gasteiger partial charge in [0.05, 0.1) is 6.54 Å². The zero-order valence-corrected chi connectivity index (χ0v) is 9.83. The quantitative estimate of drug-likeness (QED) is 0.851. The SMILES string of the molecule is Fc1ccc(Cn2nnc(Br)c2Cl)cc1. The van der Waals surface area contributed by atoms with E-state index in [0.29, 0.717) is 16.3 Å². The van der Waals surface area contributed by atoms with Gasteiger partial charge in [-0.2, -0.15) is 0 Å². The van der Waals surface area contributed by atoms with E-state index in [-0.39, 0.29) is 5.82 Å². The Bertz CT molecular complexity index is 469. The molecule has 0 N–H and O–H groups in total. The Labute approximate surface area is 99.0 Å². The van der Waals surface area contributed by atoms with Gasteiger partial charge in [-0.3, -0.25) is 0 Å². The highest BCUT2D eigenvalue weighted by molar-refractivity contribution is 9.10. The molecule has 6 heteroatoms. The molecule has 0 unspecified atom stereocenters. The molecular weight excluding hydrogens is 284 g/mol. The lowest BCUT2D eigenvalue weighted by Crippen LogP contribution is -2.01. The summed E-state index contributed by atoms with van der Waals surface area (Å²) in [7, 11) is 0. The van der Waals surface area contributed by atoms with Crippen LogP contribution in [-0.2, 0) is 6.54 Å². The first-order valence-corrected chi connectivity index (χ1v) is 5.33. The van der Waals surface area contributed by atoms with Crippen LogP contribution in [0.25, 0.3) is 0 Å². The van der Waals surface area contributed by atoms with E-state index in [2.05, 4.69) is 26.2 Å². The third kappa shape index (κ3) is 2.35. The van der Waals surface area contributed by atoms with E-state index in [4.69, 9.17) is 11.6 Å². The number of aromatic nitrogens is 3. The van der Waals surface area contributed by atoms with Crippen molar-refractivity contribution in [1.29, 1.82) is 0 Å². The molecule has 2 rings (SSSR count). The summed E-state index contributed by atoms with van der Waals surface area (Å²) in [5.41, 5.74) is 0.913. The van der Waals surface area contributed by atoms with Crippen LogP contribution < -0.4 is 0 Å². The summed E-state index contributed by atoms with van der Waals surface area (Å²) in [5, 5.41) is 8.01. The normalized spacial score (nSPS) is 10.6. The van der Waals surface area contributed by atoms with Gasteiger partial charge in [-0.05, 0) is 33.6 Å². The summed E-state index contributed by atoms with van der Waals surface area (Å²) in [4.78, 5) is 0. The molecule has 2 aromatic rings. The lowest BCUT2D eigenvalue weighted by molar-refractivity contribution is 0.621. The minimum Gasteiger partial charge on any atom is -0.228 e. The van der Waals surface area contributed by atoms with Crippen LogP contribution in [0, 0.1) is 5.82 Å². The Morgan fingerprint density at radius 3 is 2.53 bits per heavy atom. The van der Waals surface area contributed by atoms with E-state index in [1.54, 1.807) is 12.1 Å². The highest BCUT2D eigenvalue weighted by Gasteiger charge is 2.07. The Morgan fingerprint density at radius 2 is 2.00 bits per heavy atom. The van der Waals surface area contributed by atoms with Crippen molar-refractivity contribution in [3.8, 4) is 0 Å². The average molecular weight is 291 g/mol. The van der Waals surface area contributed by atoms with Gasteiger partial charge in [-0.25, -0.2) is 9.07 Å². The summed E-state index contributed by atoms with van der Waals surface area (Å²) in [6.45, 7) is 0.470. The highest BCUT2D eigenvalue weighted by atomic mass is 79.9. The Hall–Kier alpha value is -0.940. The number of nitrogens with zero attached hydrogens (tertiary/aromatic N) is 3. The third-order valence-corrected chi connectivity index (χ3v) is 3.02. The summed E-state index contributed by atoms with van der Waals surface area (Å²) in [5.74, 6) is -0.260. The molecule has 0 atom stereocenters. The van der Waals surface area contributed by atoms with Gasteiger partial charge in [0.2, 0.25) is 0 Å². The number of halogens is 3. The van der Waals surface area contributed by atoms with Crippen molar-refractivity contribution < 1.29 is 4.39 Å². The van der Waals surface area contributed by atoms with Gasteiger partial charge in [0, 0.05) is 0 Å². The maximum absolute atomic E-state index is 12.6. The number of hydrogen-bond donors (Lipinski definition) is 0. The standard InChI is InChI=1S/C9H6BrClFN3/c10-8-9(11)15(14-13-8)5-6-1-3-7(12)4-2-6/h1-4H,5H2. The van der Waals surface area contributed by atoms with Gasteiger partial charge in [-0.15, -0.1) is 5.10 Å². The first-order chi connectivity index (χ1) is 7.16. The molecule has 0 saturated heterocycles. The molecule has 78 valence electrons. The number of rotatable bonds is 2. The van der Waals surface area contributed by atoms with Crippen LogP contribution in [0.2, 0.25) is 5.15 Å². The topological polar surface area (TPSA) is 30.7 Å². The first kappa shape index (κ1) is 10.6. The third-order valence-electron chi connectivity index (χ3n) is 1.88. The van der Waals surface area contributed by atoms with E-state index < -0.39 is 0 Å². The maximum Gasteiger partial charge on any atom is 0.167 e. The summed E-state index contributed by atoms with van der Waals surface area (Å²) in [6.07, 6.45) is 0. The van der Waals surface area contributed by atoms with Crippen molar-refractivity contribution >= 4 is 27.5 Å². The van der Waals surface area contributed by atoms with Crippen molar-refractivity contribution in [2.75, 3.05) is 0 Å². The van der Waals surface area contributed by atoms with Crippen molar-refractivity contribution in [2.45, 2.75) is 6.54 Å². The minimum absolute atomic E-state index is 0.260. The van der Waals surface area contributed by atoms with Crippen LogP contribution in [0.1, 0.15) is 5.56 Å². The van der Waals surface area contributed by atoms with Crippen LogP contribution in [0.5, 0.6) is 0 Å². The Balaban J connectivity index is 2.22. The summed E-state index contributed by atoms with van der Waals surface area (Å²) < 4.78 is 14.7. The predicted octanol–water partition coefficient (Wildman–Crippen LogP) is 2.88. The zero-order valence-electron chi connectivity index (χ0n) is 7.49. The molecule has 0 saturated carbocycles. The largest absolute Gasteiger partial charge is 0.228 e. The second-order valence-electron chi connectivity index (χ2n) is 2.96. The molecule has 0 aliphatic rings. The van der Waals surface area contributed by atoms with Crippen molar-refractivity contribution in [2.24, 2.45) is 0 Å². The maximum atomic E-state index is 12.6. The Morgan fingerprint density at radius 1 is 1.33 bits per heavy atom. The fourth-order valence-electron chi connectivity index (χ4n) is 1.14. The lowest BCUT2D eigenvalue weighted by Gasteiger charge is -2.01. The monoisotopic (exact) mass is 289 g/mol. The Kier molecular flexibility index (Phi) is 3.02. The zero-order chi connectivity index (χ0) is 10.8. The highest BCUT2D eigenvalue weighted by Crippen LogP contribution is 2.19. The van der Waals surface area contributed by atoms with Gasteiger partial charge in [0.25, 0.3) is 0 Å². The molecule has 1 heterocycles. The van der Waals surface area contributed by atoms with E-state index >= 15 is 0 Å². The van der Waals surface area contributed by atoms with Crippen LogP contribution >= 0.6 is 27.5 Å². The van der Waals surface area contributed by atoms with E-state index in [1.807, 2.05) is 0 Å². The molecule has 0 spiro atoms. The molecule has 0 aliphatic heterocycles. The lowest BCUT2D eigenvalue weighted by atomic mass is 10.2. The van der Waals surface area contributed by atoms with Gasteiger partial charge >= 0.3 is 0 Å². The van der Waals surface area contributed by atoms with Crippen LogP contribution in [0.4, 0.5) is 4.39 Å². The molecule has 0 radical (unpaired) electrons. The van der Waals surface area contributed by atoms with E-state index in [1.165, 1.54) is 16.8 Å². The van der Waals surface area contributed by atoms with Gasteiger partial charge < -0.3 is 0 Å². The van der Waals surface area contributed by atoms with Crippen LogP contribution in [-0.4, -0.2) is 15.0 Å². The molecule has 0 aliphatic carbocycles. The van der Waals surface area contributed by atoms with Gasteiger partial charge in [0.15, 0.2) is 9.76 Å². The first-order valence-electron chi connectivity index (χ1n) is 4.16. The molecule has 0 fully saturated rings. The molecule has 0 amide bonds. The van der Waals surface area contributed by atoms with Gasteiger partial charge in [-0.1, -0.05) is 28.9 Å². The molecule has 3 nitrogen and oxygen atoms in total. The second-order valence-corrected chi connectivity index (χ2v) is 4.06. The molecule has 1 aromatic carbocycles. The molecule has 0 bridgehead atoms. The van der Waals surface area contributed by atoms with Crippen LogP contribution in [0.3, 0.4) is 0 Å². The fraction of sp³-hybridized carbons (Fsp3) is 0.111. The van der Waals surface area contributed by atoms with Crippen molar-refractivity contribution in [3.05, 3.63) is 45.4 Å². The molecule has 1 aromatic heterocycles. The predicted molar refractivity (Wildman–Crippen MR) is 58.2 cm³/mol. The fourth-order valence-corrected chi connectivity index (χ4v) is 1.55. The summed E-state index contributed by atoms with van der Waals surface area (Å²) in [6, 6.07) is 6.16. The van der Waals surface area contributed by atoms with Crippen LogP contribution in [0.15, 0.2) is 28.9 Å².